The molecule has 0 aromatic heterocycles. The van der Waals surface area contributed by atoms with Crippen molar-refractivity contribution in [3.63, 3.8) is 0 Å². The van der Waals surface area contributed by atoms with E-state index in [2.05, 4.69) is 154 Å². The third-order valence-electron chi connectivity index (χ3n) is 14.4. The Bertz CT molecular complexity index is 1730. The van der Waals surface area contributed by atoms with Gasteiger partial charge in [0.05, 0.1) is 0 Å². The Morgan fingerprint density at radius 3 is 0.793 bits per heavy atom. The smallest absolute Gasteiger partial charge is 0.306 e. The summed E-state index contributed by atoms with van der Waals surface area (Å²) in [7, 11) is 0. The monoisotopic (exact) mass is 1130 g/mol. The van der Waals surface area contributed by atoms with E-state index in [1.807, 2.05) is 0 Å². The molecule has 0 saturated carbocycles. The first-order valence-corrected chi connectivity index (χ1v) is 34.2. The number of rotatable bonds is 61. The van der Waals surface area contributed by atoms with Gasteiger partial charge in [-0.3, -0.25) is 14.4 Å². The van der Waals surface area contributed by atoms with Crippen LogP contribution in [0.4, 0.5) is 0 Å². The Kier molecular flexibility index (Phi) is 65.3. The number of carbonyl (C=O) groups is 3. The average Bonchev–Trinajstić information content (AvgIpc) is 3.47. The van der Waals surface area contributed by atoms with Crippen molar-refractivity contribution in [3.8, 4) is 0 Å². The maximum atomic E-state index is 12.9. The molecule has 82 heavy (non-hydrogen) atoms. The molecule has 0 aromatic rings. The molecule has 6 heteroatoms. The van der Waals surface area contributed by atoms with Crippen LogP contribution >= 0.6 is 0 Å². The average molecular weight is 1140 g/mol. The van der Waals surface area contributed by atoms with Crippen LogP contribution in [0.25, 0.3) is 0 Å². The zero-order valence-corrected chi connectivity index (χ0v) is 53.5. The standard InChI is InChI=1S/C76H126O6/c1-4-7-10-13-16-19-22-25-28-31-33-35-37-39-40-42-45-48-51-54-57-60-63-66-69-75(78)81-72-73(71-80-74(77)68-65-62-59-56-53-50-47-44-30-27-24-21-18-15-12-9-6-3)82-76(79)70-67-64-61-58-55-52-49-46-43-41-38-36-34-32-29-26-23-20-17-14-11-8-5-2/h8-9,11-12,17-18,20-21,26-27,29-30,34,36,41,43,47,49-50,52,56,59,73H,4-7,10,13-16,19,22-25,28,31-33,35,37-40,42,44-46,48,51,53-55,57-58,60-72H2,1-3H3/b11-8-,12-9-,20-17-,21-18-,29-26-,30-27-,36-34-,43-41-,50-47-,52-49-,59-56-. The van der Waals surface area contributed by atoms with E-state index in [0.29, 0.717) is 12.8 Å². The Morgan fingerprint density at radius 1 is 0.256 bits per heavy atom. The summed E-state index contributed by atoms with van der Waals surface area (Å²) in [6.45, 7) is 6.37. The van der Waals surface area contributed by atoms with Gasteiger partial charge in [-0.05, 0) is 109 Å². The van der Waals surface area contributed by atoms with Gasteiger partial charge in [-0.2, -0.15) is 0 Å². The molecule has 0 N–H and O–H groups in total. The summed E-state index contributed by atoms with van der Waals surface area (Å²) in [5.74, 6) is -0.987. The molecule has 6 nitrogen and oxygen atoms in total. The Hall–Kier alpha value is -4.45. The highest BCUT2D eigenvalue weighted by atomic mass is 16.6. The molecular weight excluding hydrogens is 1010 g/mol. The molecule has 0 amide bonds. The zero-order chi connectivity index (χ0) is 59.2. The second kappa shape index (κ2) is 69.0. The predicted molar refractivity (Wildman–Crippen MR) is 357 cm³/mol. The van der Waals surface area contributed by atoms with Crippen molar-refractivity contribution in [1.29, 1.82) is 0 Å². The molecule has 0 radical (unpaired) electrons. The van der Waals surface area contributed by atoms with Gasteiger partial charge < -0.3 is 14.2 Å². The van der Waals surface area contributed by atoms with E-state index in [1.54, 1.807) is 0 Å². The van der Waals surface area contributed by atoms with Crippen LogP contribution in [0.2, 0.25) is 0 Å². The molecule has 1 unspecified atom stereocenters. The lowest BCUT2D eigenvalue weighted by Gasteiger charge is -2.18. The maximum absolute atomic E-state index is 12.9. The van der Waals surface area contributed by atoms with E-state index in [1.165, 1.54) is 135 Å². The van der Waals surface area contributed by atoms with Gasteiger partial charge in [0.2, 0.25) is 0 Å². The van der Waals surface area contributed by atoms with Crippen LogP contribution in [-0.2, 0) is 28.6 Å². The SMILES string of the molecule is CC/C=C\C/C=C\C/C=C\C/C=C\C/C=C\C/C=C\CCCCCCC(=O)OC(COC(=O)CCC/C=C\C/C=C\C/C=C\C/C=C\C/C=C\CC)COC(=O)CCCCCCCCCCCCCCCCCCCCCCCCCC. The van der Waals surface area contributed by atoms with Crippen LogP contribution in [0, 0.1) is 0 Å². The lowest BCUT2D eigenvalue weighted by molar-refractivity contribution is -0.167. The van der Waals surface area contributed by atoms with Gasteiger partial charge >= 0.3 is 17.9 Å². The molecule has 0 aliphatic rings. The summed E-state index contributed by atoms with van der Waals surface area (Å²) in [5.41, 5.74) is 0. The molecule has 466 valence electrons. The topological polar surface area (TPSA) is 78.9 Å². The molecule has 0 bridgehead atoms. The largest absolute Gasteiger partial charge is 0.462 e. The summed E-state index contributed by atoms with van der Waals surface area (Å²) in [4.78, 5) is 38.4. The fraction of sp³-hybridized carbons (Fsp3) is 0.671. The number of allylic oxidation sites excluding steroid dienone is 22. The van der Waals surface area contributed by atoms with Crippen molar-refractivity contribution in [1.82, 2.24) is 0 Å². The van der Waals surface area contributed by atoms with Crippen molar-refractivity contribution < 1.29 is 28.6 Å². The van der Waals surface area contributed by atoms with Crippen molar-refractivity contribution in [2.45, 2.75) is 316 Å². The molecule has 0 aliphatic carbocycles. The summed E-state index contributed by atoms with van der Waals surface area (Å²) < 4.78 is 16.9. The van der Waals surface area contributed by atoms with Gasteiger partial charge in [0.1, 0.15) is 13.2 Å². The zero-order valence-electron chi connectivity index (χ0n) is 53.5. The van der Waals surface area contributed by atoms with Gasteiger partial charge in [0.15, 0.2) is 6.10 Å². The third kappa shape index (κ3) is 66.4. The minimum absolute atomic E-state index is 0.108. The number of esters is 3. The van der Waals surface area contributed by atoms with Crippen molar-refractivity contribution in [3.05, 3.63) is 134 Å². The Balaban J connectivity index is 4.46. The highest BCUT2D eigenvalue weighted by Gasteiger charge is 2.19. The number of hydrogen-bond acceptors (Lipinski definition) is 6. The normalized spacial score (nSPS) is 13.0. The van der Waals surface area contributed by atoms with Crippen LogP contribution in [-0.4, -0.2) is 37.2 Å². The van der Waals surface area contributed by atoms with Gasteiger partial charge in [0, 0.05) is 19.3 Å². The summed E-state index contributed by atoms with van der Waals surface area (Å²) in [5, 5.41) is 0. The summed E-state index contributed by atoms with van der Waals surface area (Å²) in [6.07, 6.45) is 97.6. The lowest BCUT2D eigenvalue weighted by atomic mass is 10.0. The van der Waals surface area contributed by atoms with Crippen molar-refractivity contribution in [2.24, 2.45) is 0 Å². The minimum atomic E-state index is -0.821. The van der Waals surface area contributed by atoms with Gasteiger partial charge in [-0.1, -0.05) is 315 Å². The van der Waals surface area contributed by atoms with E-state index in [-0.39, 0.29) is 44.0 Å². The predicted octanol–water partition coefficient (Wildman–Crippen LogP) is 23.7. The summed E-state index contributed by atoms with van der Waals surface area (Å²) >= 11 is 0. The molecule has 0 rings (SSSR count). The van der Waals surface area contributed by atoms with Crippen LogP contribution in [0.1, 0.15) is 310 Å². The number of carbonyl (C=O) groups excluding carboxylic acids is 3. The minimum Gasteiger partial charge on any atom is -0.462 e. The number of ether oxygens (including phenoxy) is 3. The highest BCUT2D eigenvalue weighted by Crippen LogP contribution is 2.17. The quantitative estimate of drug-likeness (QED) is 0.0261. The molecule has 1 atom stereocenters. The highest BCUT2D eigenvalue weighted by molar-refractivity contribution is 5.71. The third-order valence-corrected chi connectivity index (χ3v) is 14.4. The van der Waals surface area contributed by atoms with Crippen molar-refractivity contribution >= 4 is 17.9 Å². The summed E-state index contributed by atoms with van der Waals surface area (Å²) in [6, 6.07) is 0. The molecule has 0 heterocycles. The second-order valence-electron chi connectivity index (χ2n) is 22.3. The van der Waals surface area contributed by atoms with Crippen molar-refractivity contribution in [2.75, 3.05) is 13.2 Å². The molecule has 0 aromatic carbocycles. The first kappa shape index (κ1) is 77.5. The Labute approximate surface area is 506 Å². The molecule has 0 aliphatic heterocycles. The Morgan fingerprint density at radius 2 is 0.488 bits per heavy atom. The van der Waals surface area contributed by atoms with Gasteiger partial charge in [0.25, 0.3) is 0 Å². The number of hydrogen-bond donors (Lipinski definition) is 0. The second-order valence-corrected chi connectivity index (χ2v) is 22.3. The van der Waals surface area contributed by atoms with Crippen LogP contribution in [0.15, 0.2) is 134 Å². The maximum Gasteiger partial charge on any atom is 0.306 e. The van der Waals surface area contributed by atoms with Gasteiger partial charge in [-0.15, -0.1) is 0 Å². The van der Waals surface area contributed by atoms with Gasteiger partial charge in [-0.25, -0.2) is 0 Å². The lowest BCUT2D eigenvalue weighted by Crippen LogP contribution is -2.30. The van der Waals surface area contributed by atoms with E-state index in [4.69, 9.17) is 14.2 Å². The first-order chi connectivity index (χ1) is 40.5. The molecule has 0 saturated heterocycles. The molecular formula is C76H126O6. The fourth-order valence-corrected chi connectivity index (χ4v) is 9.37. The van der Waals surface area contributed by atoms with E-state index >= 15 is 0 Å². The van der Waals surface area contributed by atoms with Crippen LogP contribution < -0.4 is 0 Å². The molecule has 0 fully saturated rings. The van der Waals surface area contributed by atoms with E-state index < -0.39 is 6.10 Å². The van der Waals surface area contributed by atoms with E-state index in [9.17, 15) is 14.4 Å². The van der Waals surface area contributed by atoms with Crippen LogP contribution in [0.5, 0.6) is 0 Å². The first-order valence-electron chi connectivity index (χ1n) is 34.2. The van der Waals surface area contributed by atoms with E-state index in [0.717, 1.165) is 128 Å². The fourth-order valence-electron chi connectivity index (χ4n) is 9.37. The number of unbranched alkanes of at least 4 members (excludes halogenated alkanes) is 28. The van der Waals surface area contributed by atoms with Crippen LogP contribution in [0.3, 0.4) is 0 Å². The molecule has 0 spiro atoms.